The van der Waals surface area contributed by atoms with Gasteiger partial charge in [0.2, 0.25) is 0 Å². The molecule has 18 heavy (non-hydrogen) atoms. The summed E-state index contributed by atoms with van der Waals surface area (Å²) in [5.74, 6) is 0. The molecule has 0 aliphatic carbocycles. The molecular formula is C16H28N2. The normalized spacial score (nSPS) is 10.6. The zero-order chi connectivity index (χ0) is 13.2. The third kappa shape index (κ3) is 5.54. The third-order valence-corrected chi connectivity index (χ3v) is 3.24. The van der Waals surface area contributed by atoms with Gasteiger partial charge < -0.3 is 10.2 Å². The number of nitrogens with zero attached hydrogens (tertiary/aromatic N) is 1. The van der Waals surface area contributed by atoms with Gasteiger partial charge in [0.15, 0.2) is 0 Å². The molecule has 0 aromatic heterocycles. The summed E-state index contributed by atoms with van der Waals surface area (Å²) in [5, 5.41) is 3.41. The van der Waals surface area contributed by atoms with Crippen LogP contribution in [0.4, 0.5) is 5.69 Å². The molecule has 0 radical (unpaired) electrons. The van der Waals surface area contributed by atoms with Crippen molar-refractivity contribution in [3.8, 4) is 0 Å². The van der Waals surface area contributed by atoms with Crippen molar-refractivity contribution in [2.24, 2.45) is 0 Å². The Morgan fingerprint density at radius 1 is 1.00 bits per heavy atom. The summed E-state index contributed by atoms with van der Waals surface area (Å²) < 4.78 is 0. The van der Waals surface area contributed by atoms with Crippen molar-refractivity contribution in [1.29, 1.82) is 0 Å². The highest BCUT2D eigenvalue weighted by molar-refractivity contribution is 5.47. The molecule has 0 amide bonds. The Hall–Kier alpha value is -1.02. The molecule has 1 aromatic rings. The second-order valence-electron chi connectivity index (χ2n) is 4.88. The number of aryl methyl sites for hydroxylation is 1. The van der Waals surface area contributed by atoms with Crippen LogP contribution in [0, 0.1) is 6.92 Å². The number of hydrogen-bond donors (Lipinski definition) is 1. The minimum Gasteiger partial charge on any atom is -0.370 e. The SMILES string of the molecule is CCCCCN(CCNCC)c1ccc(C)cc1. The summed E-state index contributed by atoms with van der Waals surface area (Å²) in [6.07, 6.45) is 3.90. The van der Waals surface area contributed by atoms with Crippen LogP contribution in [-0.2, 0) is 0 Å². The van der Waals surface area contributed by atoms with Crippen LogP contribution in [-0.4, -0.2) is 26.2 Å². The van der Waals surface area contributed by atoms with E-state index in [0.29, 0.717) is 0 Å². The fourth-order valence-corrected chi connectivity index (χ4v) is 2.07. The van der Waals surface area contributed by atoms with Crippen molar-refractivity contribution in [2.45, 2.75) is 40.0 Å². The molecule has 0 atom stereocenters. The van der Waals surface area contributed by atoms with Gasteiger partial charge in [-0.05, 0) is 32.0 Å². The summed E-state index contributed by atoms with van der Waals surface area (Å²) in [5.41, 5.74) is 2.69. The zero-order valence-corrected chi connectivity index (χ0v) is 12.2. The van der Waals surface area contributed by atoms with Gasteiger partial charge in [-0.2, -0.15) is 0 Å². The van der Waals surface area contributed by atoms with E-state index in [2.05, 4.69) is 55.3 Å². The van der Waals surface area contributed by atoms with E-state index in [1.54, 1.807) is 0 Å². The van der Waals surface area contributed by atoms with E-state index in [4.69, 9.17) is 0 Å². The van der Waals surface area contributed by atoms with Crippen LogP contribution >= 0.6 is 0 Å². The smallest absolute Gasteiger partial charge is 0.0366 e. The molecule has 0 spiro atoms. The van der Waals surface area contributed by atoms with Crippen molar-refractivity contribution in [2.75, 3.05) is 31.1 Å². The fraction of sp³-hybridized carbons (Fsp3) is 0.625. The number of rotatable bonds is 9. The lowest BCUT2D eigenvalue weighted by Gasteiger charge is -2.25. The average molecular weight is 248 g/mol. The Bertz CT molecular complexity index is 295. The number of unbranched alkanes of at least 4 members (excludes halogenated alkanes) is 2. The maximum absolute atomic E-state index is 3.41. The molecule has 102 valence electrons. The molecule has 0 unspecified atom stereocenters. The van der Waals surface area contributed by atoms with Crippen LogP contribution in [0.25, 0.3) is 0 Å². The molecule has 0 saturated carbocycles. The predicted octanol–water partition coefficient (Wildman–Crippen LogP) is 3.60. The minimum atomic E-state index is 1.05. The number of benzene rings is 1. The van der Waals surface area contributed by atoms with E-state index in [9.17, 15) is 0 Å². The average Bonchev–Trinajstić information content (AvgIpc) is 2.38. The first kappa shape index (κ1) is 15.0. The van der Waals surface area contributed by atoms with Gasteiger partial charge in [-0.15, -0.1) is 0 Å². The Morgan fingerprint density at radius 2 is 1.72 bits per heavy atom. The Balaban J connectivity index is 2.54. The van der Waals surface area contributed by atoms with E-state index < -0.39 is 0 Å². The summed E-state index contributed by atoms with van der Waals surface area (Å²) in [6.45, 7) is 10.9. The molecule has 0 aliphatic rings. The highest BCUT2D eigenvalue weighted by Gasteiger charge is 2.05. The van der Waals surface area contributed by atoms with Gasteiger partial charge in [0.25, 0.3) is 0 Å². The lowest BCUT2D eigenvalue weighted by Crippen LogP contribution is -2.32. The molecule has 2 heteroatoms. The fourth-order valence-electron chi connectivity index (χ4n) is 2.07. The van der Waals surface area contributed by atoms with Crippen molar-refractivity contribution in [1.82, 2.24) is 5.32 Å². The first-order valence-electron chi connectivity index (χ1n) is 7.30. The Morgan fingerprint density at radius 3 is 2.33 bits per heavy atom. The van der Waals surface area contributed by atoms with E-state index in [0.717, 1.165) is 19.6 Å². The van der Waals surface area contributed by atoms with Crippen LogP contribution in [0.15, 0.2) is 24.3 Å². The van der Waals surface area contributed by atoms with E-state index >= 15 is 0 Å². The van der Waals surface area contributed by atoms with Gasteiger partial charge in [0, 0.05) is 25.3 Å². The lowest BCUT2D eigenvalue weighted by molar-refractivity contribution is 0.641. The maximum atomic E-state index is 3.41. The number of likely N-dealkylation sites (N-methyl/N-ethyl adjacent to an activating group) is 1. The number of hydrogen-bond acceptors (Lipinski definition) is 2. The second kappa shape index (κ2) is 8.98. The van der Waals surface area contributed by atoms with Crippen LogP contribution < -0.4 is 10.2 Å². The third-order valence-electron chi connectivity index (χ3n) is 3.24. The molecule has 2 nitrogen and oxygen atoms in total. The standard InChI is InChI=1S/C16H28N2/c1-4-6-7-13-18(14-12-17-5-2)16-10-8-15(3)9-11-16/h8-11,17H,4-7,12-14H2,1-3H3. The van der Waals surface area contributed by atoms with Crippen LogP contribution in [0.3, 0.4) is 0 Å². The number of nitrogens with one attached hydrogen (secondary N) is 1. The summed E-state index contributed by atoms with van der Waals surface area (Å²) in [4.78, 5) is 2.50. The highest BCUT2D eigenvalue weighted by Crippen LogP contribution is 2.15. The van der Waals surface area contributed by atoms with Gasteiger partial charge >= 0.3 is 0 Å². The van der Waals surface area contributed by atoms with Gasteiger partial charge in [-0.1, -0.05) is 44.4 Å². The molecule has 0 saturated heterocycles. The van der Waals surface area contributed by atoms with Crippen LogP contribution in [0.1, 0.15) is 38.7 Å². The Labute approximate surface area is 112 Å². The molecular weight excluding hydrogens is 220 g/mol. The minimum absolute atomic E-state index is 1.05. The molecule has 1 aromatic carbocycles. The lowest BCUT2D eigenvalue weighted by atomic mass is 10.2. The van der Waals surface area contributed by atoms with Crippen molar-refractivity contribution < 1.29 is 0 Å². The van der Waals surface area contributed by atoms with E-state index in [1.807, 2.05) is 0 Å². The van der Waals surface area contributed by atoms with Crippen molar-refractivity contribution >= 4 is 5.69 Å². The first-order valence-corrected chi connectivity index (χ1v) is 7.30. The first-order chi connectivity index (χ1) is 8.77. The molecule has 0 fully saturated rings. The van der Waals surface area contributed by atoms with Gasteiger partial charge in [-0.25, -0.2) is 0 Å². The second-order valence-corrected chi connectivity index (χ2v) is 4.88. The largest absolute Gasteiger partial charge is 0.370 e. The van der Waals surface area contributed by atoms with E-state index in [-0.39, 0.29) is 0 Å². The molecule has 1 N–H and O–H groups in total. The highest BCUT2D eigenvalue weighted by atomic mass is 15.1. The maximum Gasteiger partial charge on any atom is 0.0366 e. The summed E-state index contributed by atoms with van der Waals surface area (Å²) in [7, 11) is 0. The monoisotopic (exact) mass is 248 g/mol. The molecule has 0 bridgehead atoms. The quantitative estimate of drug-likeness (QED) is 0.672. The van der Waals surface area contributed by atoms with E-state index in [1.165, 1.54) is 37.1 Å². The summed E-state index contributed by atoms with van der Waals surface area (Å²) in [6, 6.07) is 8.89. The van der Waals surface area contributed by atoms with Crippen molar-refractivity contribution in [3.63, 3.8) is 0 Å². The van der Waals surface area contributed by atoms with Gasteiger partial charge in [0.05, 0.1) is 0 Å². The van der Waals surface area contributed by atoms with Crippen LogP contribution in [0.5, 0.6) is 0 Å². The topological polar surface area (TPSA) is 15.3 Å². The molecule has 0 aliphatic heterocycles. The molecule has 1 rings (SSSR count). The Kier molecular flexibility index (Phi) is 7.51. The van der Waals surface area contributed by atoms with Crippen LogP contribution in [0.2, 0.25) is 0 Å². The number of anilines is 1. The van der Waals surface area contributed by atoms with Crippen molar-refractivity contribution in [3.05, 3.63) is 29.8 Å². The summed E-state index contributed by atoms with van der Waals surface area (Å²) >= 11 is 0. The molecule has 0 heterocycles. The predicted molar refractivity (Wildman–Crippen MR) is 81.5 cm³/mol. The van der Waals surface area contributed by atoms with Gasteiger partial charge in [-0.3, -0.25) is 0 Å². The zero-order valence-electron chi connectivity index (χ0n) is 12.2. The van der Waals surface area contributed by atoms with Gasteiger partial charge in [0.1, 0.15) is 0 Å².